The average Bonchev–Trinajstić information content (AvgIpc) is 2.85. The molecule has 0 aliphatic rings. The normalized spacial score (nSPS) is 11.7. The maximum atomic E-state index is 13.1. The molecule has 0 aliphatic carbocycles. The van der Waals surface area contributed by atoms with Crippen molar-refractivity contribution in [3.05, 3.63) is 94.6 Å². The number of rotatable bonds is 6. The fourth-order valence-corrected chi connectivity index (χ4v) is 3.88. The number of ether oxygens (including phenoxy) is 2. The number of benzene rings is 3. The van der Waals surface area contributed by atoms with Gasteiger partial charge in [0.25, 0.3) is 5.91 Å². The van der Waals surface area contributed by atoms with Gasteiger partial charge in [0.05, 0.1) is 25.3 Å². The third kappa shape index (κ3) is 4.05. The minimum Gasteiger partial charge on any atom is -0.505 e. The Balaban J connectivity index is 1.84. The Kier molecular flexibility index (Phi) is 6.14. The lowest BCUT2D eigenvalue weighted by atomic mass is 9.95. The molecule has 0 spiro atoms. The van der Waals surface area contributed by atoms with Crippen molar-refractivity contribution in [1.82, 2.24) is 10.3 Å². The van der Waals surface area contributed by atoms with Crippen LogP contribution in [-0.2, 0) is 0 Å². The van der Waals surface area contributed by atoms with Crippen LogP contribution in [0.25, 0.3) is 10.9 Å². The topological polar surface area (TPSA) is 80.7 Å². The summed E-state index contributed by atoms with van der Waals surface area (Å²) >= 11 is 6.52. The molecule has 0 fully saturated rings. The summed E-state index contributed by atoms with van der Waals surface area (Å²) in [7, 11) is 3.11. The summed E-state index contributed by atoms with van der Waals surface area (Å²) in [5.74, 6) is 0.813. The van der Waals surface area contributed by atoms with E-state index in [1.165, 1.54) is 0 Å². The van der Waals surface area contributed by atoms with Gasteiger partial charge in [0, 0.05) is 28.3 Å². The van der Waals surface area contributed by atoms with Crippen LogP contribution in [0.3, 0.4) is 0 Å². The van der Waals surface area contributed by atoms with Crippen LogP contribution in [0, 0.1) is 0 Å². The van der Waals surface area contributed by atoms with E-state index in [4.69, 9.17) is 21.1 Å². The van der Waals surface area contributed by atoms with Gasteiger partial charge in [0.1, 0.15) is 22.8 Å². The molecule has 0 aliphatic heterocycles. The minimum atomic E-state index is -0.746. The second kappa shape index (κ2) is 9.16. The molecule has 0 saturated heterocycles. The quantitative estimate of drug-likeness (QED) is 0.427. The zero-order valence-electron chi connectivity index (χ0n) is 17.5. The number of methoxy groups -OCH3 is 2. The molecule has 7 heteroatoms. The fraction of sp³-hybridized carbons (Fsp3) is 0.120. The largest absolute Gasteiger partial charge is 0.505 e. The molecule has 0 radical (unpaired) electrons. The van der Waals surface area contributed by atoms with Gasteiger partial charge in [-0.25, -0.2) is 0 Å². The summed E-state index contributed by atoms with van der Waals surface area (Å²) < 4.78 is 10.7. The third-order valence-electron chi connectivity index (χ3n) is 5.23. The van der Waals surface area contributed by atoms with Crippen LogP contribution in [0.5, 0.6) is 17.2 Å². The molecular formula is C25H21ClN2O4. The fourth-order valence-electron chi connectivity index (χ4n) is 3.61. The van der Waals surface area contributed by atoms with Crippen molar-refractivity contribution < 1.29 is 19.4 Å². The Hall–Kier alpha value is -3.77. The maximum absolute atomic E-state index is 13.1. The predicted octanol–water partition coefficient (Wildman–Crippen LogP) is 5.13. The van der Waals surface area contributed by atoms with E-state index in [2.05, 4.69) is 10.3 Å². The van der Waals surface area contributed by atoms with Crippen molar-refractivity contribution in [1.29, 1.82) is 0 Å². The minimum absolute atomic E-state index is 0.0593. The van der Waals surface area contributed by atoms with E-state index < -0.39 is 6.04 Å². The molecule has 3 aromatic carbocycles. The molecule has 1 amide bonds. The van der Waals surface area contributed by atoms with Crippen LogP contribution >= 0.6 is 11.6 Å². The van der Waals surface area contributed by atoms with Crippen LogP contribution < -0.4 is 14.8 Å². The van der Waals surface area contributed by atoms with Gasteiger partial charge in [-0.3, -0.25) is 9.78 Å². The number of phenols is 1. The number of phenolic OH excluding ortho intramolecular Hbond substituents is 1. The van der Waals surface area contributed by atoms with Crippen LogP contribution in [0.1, 0.15) is 27.5 Å². The number of nitrogens with one attached hydrogen (secondary N) is 1. The monoisotopic (exact) mass is 448 g/mol. The number of amides is 1. The molecule has 162 valence electrons. The lowest BCUT2D eigenvalue weighted by molar-refractivity contribution is 0.0942. The number of carbonyl (C=O) groups excluding carboxylic acids is 1. The number of hydrogen-bond donors (Lipinski definition) is 2. The lowest BCUT2D eigenvalue weighted by Gasteiger charge is -2.23. The summed E-state index contributed by atoms with van der Waals surface area (Å²) in [6.07, 6.45) is 1.58. The van der Waals surface area contributed by atoms with E-state index in [1.807, 2.05) is 18.2 Å². The number of carbonyl (C=O) groups is 1. The highest BCUT2D eigenvalue weighted by atomic mass is 35.5. The molecule has 1 unspecified atom stereocenters. The second-order valence-electron chi connectivity index (χ2n) is 7.07. The standard InChI is InChI=1S/C25H21ClN2O4/c1-31-16-11-9-15(10-12-16)25(30)28-22(18-6-3-4-8-21(18)32-2)19-14-20(26)17-7-5-13-27-23(17)24(19)29/h3-14,22,29H,1-2H3,(H,28,30). The van der Waals surface area contributed by atoms with Gasteiger partial charge < -0.3 is 19.9 Å². The van der Waals surface area contributed by atoms with Gasteiger partial charge in [0.2, 0.25) is 0 Å². The van der Waals surface area contributed by atoms with Crippen LogP contribution in [-0.4, -0.2) is 30.2 Å². The smallest absolute Gasteiger partial charge is 0.252 e. The molecule has 4 aromatic rings. The molecule has 1 aromatic heterocycles. The van der Waals surface area contributed by atoms with E-state index >= 15 is 0 Å². The summed E-state index contributed by atoms with van der Waals surface area (Å²) in [5, 5.41) is 15.1. The SMILES string of the molecule is COc1ccc(C(=O)NC(c2ccccc2OC)c2cc(Cl)c3cccnc3c2O)cc1. The maximum Gasteiger partial charge on any atom is 0.252 e. The van der Waals surface area contributed by atoms with E-state index in [9.17, 15) is 9.90 Å². The van der Waals surface area contributed by atoms with E-state index in [0.717, 1.165) is 0 Å². The third-order valence-corrected chi connectivity index (χ3v) is 5.55. The summed E-state index contributed by atoms with van der Waals surface area (Å²) in [6.45, 7) is 0. The second-order valence-corrected chi connectivity index (χ2v) is 7.48. The van der Waals surface area contributed by atoms with Gasteiger partial charge in [-0.05, 0) is 48.5 Å². The number of fused-ring (bicyclic) bond motifs is 1. The molecule has 1 heterocycles. The first-order valence-electron chi connectivity index (χ1n) is 9.87. The zero-order chi connectivity index (χ0) is 22.7. The highest BCUT2D eigenvalue weighted by molar-refractivity contribution is 6.35. The summed E-state index contributed by atoms with van der Waals surface area (Å²) in [5.41, 5.74) is 1.87. The average molecular weight is 449 g/mol. The number of pyridine rings is 1. The summed E-state index contributed by atoms with van der Waals surface area (Å²) in [6, 6.07) is 18.5. The number of aromatic hydroxyl groups is 1. The predicted molar refractivity (Wildman–Crippen MR) is 124 cm³/mol. The first-order chi connectivity index (χ1) is 15.5. The van der Waals surface area contributed by atoms with Crippen LogP contribution in [0.4, 0.5) is 0 Å². The molecule has 32 heavy (non-hydrogen) atoms. The number of aromatic nitrogens is 1. The number of nitrogens with zero attached hydrogens (tertiary/aromatic N) is 1. The zero-order valence-corrected chi connectivity index (χ0v) is 18.3. The Morgan fingerprint density at radius 3 is 2.47 bits per heavy atom. The molecular weight excluding hydrogens is 428 g/mol. The molecule has 0 saturated carbocycles. The number of para-hydroxylation sites is 1. The molecule has 1 atom stereocenters. The van der Waals surface area contributed by atoms with Gasteiger partial charge >= 0.3 is 0 Å². The Labute approximate surface area is 190 Å². The van der Waals surface area contributed by atoms with Crippen LogP contribution in [0.2, 0.25) is 5.02 Å². The van der Waals surface area contributed by atoms with E-state index in [-0.39, 0.29) is 11.7 Å². The molecule has 4 rings (SSSR count). The Morgan fingerprint density at radius 2 is 1.75 bits per heavy atom. The lowest BCUT2D eigenvalue weighted by Crippen LogP contribution is -2.29. The summed E-state index contributed by atoms with van der Waals surface area (Å²) in [4.78, 5) is 17.4. The van der Waals surface area contributed by atoms with Crippen molar-refractivity contribution in [2.75, 3.05) is 14.2 Å². The van der Waals surface area contributed by atoms with Gasteiger partial charge in [0.15, 0.2) is 0 Å². The van der Waals surface area contributed by atoms with Gasteiger partial charge in [-0.1, -0.05) is 29.8 Å². The molecule has 6 nitrogen and oxygen atoms in total. The highest BCUT2D eigenvalue weighted by Crippen LogP contribution is 2.40. The number of halogens is 1. The van der Waals surface area contributed by atoms with Crippen molar-refractivity contribution in [2.45, 2.75) is 6.04 Å². The van der Waals surface area contributed by atoms with Crippen molar-refractivity contribution in [2.24, 2.45) is 0 Å². The Morgan fingerprint density at radius 1 is 1.00 bits per heavy atom. The number of hydrogen-bond acceptors (Lipinski definition) is 5. The van der Waals surface area contributed by atoms with Crippen molar-refractivity contribution in [3.63, 3.8) is 0 Å². The van der Waals surface area contributed by atoms with E-state index in [1.54, 1.807) is 68.9 Å². The highest BCUT2D eigenvalue weighted by Gasteiger charge is 2.26. The van der Waals surface area contributed by atoms with E-state index in [0.29, 0.717) is 44.1 Å². The first kappa shape index (κ1) is 21.5. The molecule has 0 bridgehead atoms. The Bertz CT molecular complexity index is 1270. The molecule has 2 N–H and O–H groups in total. The van der Waals surface area contributed by atoms with Gasteiger partial charge in [-0.15, -0.1) is 0 Å². The van der Waals surface area contributed by atoms with Crippen LogP contribution in [0.15, 0.2) is 72.9 Å². The van der Waals surface area contributed by atoms with Crippen molar-refractivity contribution >= 4 is 28.4 Å². The first-order valence-corrected chi connectivity index (χ1v) is 10.2. The van der Waals surface area contributed by atoms with Gasteiger partial charge in [-0.2, -0.15) is 0 Å². The van der Waals surface area contributed by atoms with Crippen molar-refractivity contribution in [3.8, 4) is 17.2 Å².